The maximum Gasteiger partial charge on any atom is 0.329 e. The number of fused-ring (bicyclic) bond motifs is 3. The molecule has 3 N–H and O–H groups in total. The highest BCUT2D eigenvalue weighted by atomic mass is 32.1. The lowest BCUT2D eigenvalue weighted by molar-refractivity contribution is -0.265. The highest BCUT2D eigenvalue weighted by molar-refractivity contribution is 7.12. The molecule has 1 aromatic rings. The number of esters is 1. The topological polar surface area (TPSA) is 195 Å². The lowest BCUT2D eigenvalue weighted by atomic mass is 9.77. The number of carbonyl (C=O) groups is 5. The van der Waals surface area contributed by atoms with Crippen LogP contribution in [-0.4, -0.2) is 126 Å². The Labute approximate surface area is 426 Å². The van der Waals surface area contributed by atoms with Gasteiger partial charge in [-0.05, 0) is 126 Å². The first-order chi connectivity index (χ1) is 33.6. The monoisotopic (exact) mass is 1010 g/mol. The summed E-state index contributed by atoms with van der Waals surface area (Å²) >= 11 is 1.34. The third kappa shape index (κ3) is 14.1. The number of hydrogen-bond donors (Lipinski definition) is 3. The average Bonchev–Trinajstić information content (AvgIpc) is 3.79. The van der Waals surface area contributed by atoms with Gasteiger partial charge in [-0.1, -0.05) is 71.1 Å². The van der Waals surface area contributed by atoms with Crippen LogP contribution < -0.4 is 0 Å². The van der Waals surface area contributed by atoms with E-state index in [1.54, 1.807) is 47.1 Å². The minimum absolute atomic E-state index is 0.0224. The molecule has 1 amide bonds. The van der Waals surface area contributed by atoms with E-state index in [1.165, 1.54) is 23.3 Å². The van der Waals surface area contributed by atoms with Gasteiger partial charge in [-0.2, -0.15) is 0 Å². The number of nitrogens with zero attached hydrogens (tertiary/aromatic N) is 1. The summed E-state index contributed by atoms with van der Waals surface area (Å²) in [5.74, 6) is -8.27. The molecule has 0 radical (unpaired) electrons. The van der Waals surface area contributed by atoms with Crippen molar-refractivity contribution in [3.05, 3.63) is 69.5 Å². The molecule has 4 heterocycles. The van der Waals surface area contributed by atoms with E-state index < -0.39 is 83.4 Å². The zero-order valence-corrected chi connectivity index (χ0v) is 44.9. The molecule has 2 saturated heterocycles. The molecule has 1 aliphatic carbocycles. The normalized spacial score (nSPS) is 39.1. The number of Topliss-reactive ketones (excluding diaryl/α,β-unsaturated/α-hetero) is 3. The van der Waals surface area contributed by atoms with E-state index in [1.807, 2.05) is 71.1 Å². The molecule has 15 heteroatoms. The van der Waals surface area contributed by atoms with Crippen LogP contribution in [0.5, 0.6) is 0 Å². The second-order valence-corrected chi connectivity index (χ2v) is 22.5. The Balaban J connectivity index is 1.55. The van der Waals surface area contributed by atoms with Gasteiger partial charge in [0.1, 0.15) is 17.9 Å². The standard InChI is InChI=1S/C56H83NO13S/c1-33-17-13-12-14-18-34(2)46(66-9)31-42-23-20-38(6)56(65,70-42)51(61)53(62)57-26-16-15-19-43(57)54(63)69-47(36(4)29-41-22-24-44(58)48(30-41)67-10)32-45(59)35(3)28-39(7)55(64,49-25-21-40(8)71-49)52(68-11)50(60)37(5)27-33/h12-14,17-18,21,25,28,33,35-38,41-44,46-48,52,58,64-65H,15-16,19-20,22-24,26-27,29-32H2,1-11H3/b14-12+,17-13-,34-18+,39-28+/t33?,35?,36?,37?,38?,41?,42?,43?,44?,46?,47?,48?,52?,55-,56?/m1/s1. The second-order valence-electron chi connectivity index (χ2n) is 21.2. The smallest absolute Gasteiger partial charge is 0.329 e. The molecule has 15 atom stereocenters. The summed E-state index contributed by atoms with van der Waals surface area (Å²) in [6, 6.07) is 2.49. The fraction of sp³-hybridized carbons (Fsp3) is 0.696. The third-order valence-corrected chi connectivity index (χ3v) is 16.9. The van der Waals surface area contributed by atoms with Gasteiger partial charge in [-0.15, -0.1) is 11.3 Å². The number of methoxy groups -OCH3 is 3. The first kappa shape index (κ1) is 58.2. The minimum Gasteiger partial charge on any atom is -0.460 e. The van der Waals surface area contributed by atoms with Gasteiger partial charge in [0.05, 0.1) is 24.4 Å². The van der Waals surface area contributed by atoms with Crippen molar-refractivity contribution in [2.75, 3.05) is 27.9 Å². The van der Waals surface area contributed by atoms with Crippen LogP contribution in [0, 0.1) is 42.4 Å². The molecular formula is C56H83NO13S. The fourth-order valence-corrected chi connectivity index (χ4v) is 12.2. The molecule has 1 aromatic heterocycles. The van der Waals surface area contributed by atoms with Gasteiger partial charge in [-0.25, -0.2) is 4.79 Å². The highest BCUT2D eigenvalue weighted by Crippen LogP contribution is 2.42. The van der Waals surface area contributed by atoms with Crippen molar-refractivity contribution in [3.63, 3.8) is 0 Å². The number of hydrogen-bond acceptors (Lipinski definition) is 14. The highest BCUT2D eigenvalue weighted by Gasteiger charge is 2.53. The molecule has 0 aromatic carbocycles. The Morgan fingerprint density at radius 3 is 2.25 bits per heavy atom. The summed E-state index contributed by atoms with van der Waals surface area (Å²) in [5, 5.41) is 35.5. The molecule has 3 aliphatic heterocycles. The van der Waals surface area contributed by atoms with E-state index in [0.717, 1.165) is 10.5 Å². The molecule has 2 bridgehead atoms. The summed E-state index contributed by atoms with van der Waals surface area (Å²) in [5.41, 5.74) is -0.695. The molecule has 14 unspecified atom stereocenters. The molecule has 1 saturated carbocycles. The maximum atomic E-state index is 14.6. The van der Waals surface area contributed by atoms with Gasteiger partial charge in [0.15, 0.2) is 17.5 Å². The van der Waals surface area contributed by atoms with E-state index >= 15 is 0 Å². The van der Waals surface area contributed by atoms with Crippen LogP contribution in [0.4, 0.5) is 0 Å². The van der Waals surface area contributed by atoms with Crippen molar-refractivity contribution in [2.24, 2.45) is 35.5 Å². The van der Waals surface area contributed by atoms with Crippen LogP contribution in [0.15, 0.2) is 59.7 Å². The number of rotatable bonds is 7. The van der Waals surface area contributed by atoms with Gasteiger partial charge in [0.25, 0.3) is 11.7 Å². The number of piperidine rings is 1. The second kappa shape index (κ2) is 26.0. The Morgan fingerprint density at radius 1 is 0.859 bits per heavy atom. The van der Waals surface area contributed by atoms with Crippen molar-refractivity contribution < 1.29 is 63.0 Å². The third-order valence-electron chi connectivity index (χ3n) is 15.8. The van der Waals surface area contributed by atoms with E-state index in [4.69, 9.17) is 23.7 Å². The van der Waals surface area contributed by atoms with Crippen LogP contribution in [0.3, 0.4) is 0 Å². The lowest BCUT2D eigenvalue weighted by Gasteiger charge is -2.42. The zero-order chi connectivity index (χ0) is 52.4. The van der Waals surface area contributed by atoms with Crippen molar-refractivity contribution in [3.8, 4) is 0 Å². The zero-order valence-electron chi connectivity index (χ0n) is 44.1. The molecular weight excluding hydrogens is 927 g/mol. The van der Waals surface area contributed by atoms with Gasteiger partial charge in [0, 0.05) is 68.2 Å². The number of cyclic esters (lactones) is 1. The Hall–Kier alpha value is -3.67. The number of aryl methyl sites for hydroxylation is 1. The van der Waals surface area contributed by atoms with Crippen LogP contribution in [0.1, 0.15) is 135 Å². The van der Waals surface area contributed by atoms with Gasteiger partial charge >= 0.3 is 5.97 Å². The van der Waals surface area contributed by atoms with E-state index in [2.05, 4.69) is 0 Å². The van der Waals surface area contributed by atoms with E-state index in [0.29, 0.717) is 74.7 Å². The van der Waals surface area contributed by atoms with Crippen LogP contribution in [0.25, 0.3) is 0 Å². The first-order valence-electron chi connectivity index (χ1n) is 25.9. The van der Waals surface area contributed by atoms with E-state index in [9.17, 15) is 39.3 Å². The number of ketones is 3. The number of amides is 1. The van der Waals surface area contributed by atoms with Crippen molar-refractivity contribution in [1.29, 1.82) is 0 Å². The quantitative estimate of drug-likeness (QED) is 0.135. The summed E-state index contributed by atoms with van der Waals surface area (Å²) < 4.78 is 29.9. The predicted molar refractivity (Wildman–Crippen MR) is 272 cm³/mol. The van der Waals surface area contributed by atoms with Crippen molar-refractivity contribution in [1.82, 2.24) is 4.90 Å². The molecule has 14 nitrogen and oxygen atoms in total. The maximum absolute atomic E-state index is 14.6. The number of aliphatic hydroxyl groups is 3. The Morgan fingerprint density at radius 2 is 1.59 bits per heavy atom. The summed E-state index contributed by atoms with van der Waals surface area (Å²) in [7, 11) is 4.56. The molecule has 3 fully saturated rings. The molecule has 5 rings (SSSR count). The largest absolute Gasteiger partial charge is 0.460 e. The summed E-state index contributed by atoms with van der Waals surface area (Å²) in [4.78, 5) is 74.9. The Bertz CT molecular complexity index is 2130. The molecule has 0 spiro atoms. The number of ether oxygens (including phenoxy) is 5. The number of aliphatic hydroxyl groups excluding tert-OH is 1. The van der Waals surface area contributed by atoms with E-state index in [-0.39, 0.29) is 54.8 Å². The molecule has 71 heavy (non-hydrogen) atoms. The van der Waals surface area contributed by atoms with Crippen LogP contribution >= 0.6 is 11.3 Å². The van der Waals surface area contributed by atoms with Crippen LogP contribution in [-0.2, 0) is 53.3 Å². The van der Waals surface area contributed by atoms with Crippen molar-refractivity contribution in [2.45, 2.75) is 186 Å². The average molecular weight is 1010 g/mol. The van der Waals surface area contributed by atoms with Crippen LogP contribution in [0.2, 0.25) is 0 Å². The summed E-state index contributed by atoms with van der Waals surface area (Å²) in [6.07, 6.45) is 12.2. The first-order valence-corrected chi connectivity index (χ1v) is 26.7. The summed E-state index contributed by atoms with van der Waals surface area (Å²) in [6.45, 7) is 14.8. The minimum atomic E-state index is -2.44. The number of carbonyl (C=O) groups excluding carboxylic acids is 5. The predicted octanol–water partition coefficient (Wildman–Crippen LogP) is 8.08. The molecule has 4 aliphatic rings. The molecule has 396 valence electrons. The Kier molecular flexibility index (Phi) is 21.3. The number of allylic oxidation sites excluding steroid dienone is 6. The number of thiophene rings is 1. The van der Waals surface area contributed by atoms with Gasteiger partial charge in [-0.3, -0.25) is 19.2 Å². The lowest BCUT2D eigenvalue weighted by Crippen LogP contribution is -2.61. The van der Waals surface area contributed by atoms with Gasteiger partial charge in [0.2, 0.25) is 5.79 Å². The van der Waals surface area contributed by atoms with Crippen molar-refractivity contribution >= 4 is 40.6 Å². The fourth-order valence-electron chi connectivity index (χ4n) is 11.1. The van der Waals surface area contributed by atoms with Gasteiger partial charge < -0.3 is 43.9 Å². The SMILES string of the molecule is COC1CC2CCC(C)C(O)(O2)C(=O)C(=O)N2CCCCC2C(=O)OC(C(C)CC2CCC(O)C(OC)C2)CC(=O)C(C)/C=C(\C)[C@@](O)(c2ccc(C)s2)C(OC)C(=O)C(C)CC(C)\C=C/C=C/C=C/1C.